The van der Waals surface area contributed by atoms with Crippen LogP contribution in [0.15, 0.2) is 71.3 Å². The number of hydrogen-bond donors (Lipinski definition) is 1. The maximum Gasteiger partial charge on any atom is 0.320 e. The van der Waals surface area contributed by atoms with Crippen LogP contribution in [0, 0.1) is 0 Å². The van der Waals surface area contributed by atoms with Crippen LogP contribution in [0.3, 0.4) is 0 Å². The zero-order valence-electron chi connectivity index (χ0n) is 18.6. The van der Waals surface area contributed by atoms with Crippen molar-refractivity contribution in [1.29, 1.82) is 0 Å². The summed E-state index contributed by atoms with van der Waals surface area (Å²) < 4.78 is 16.9. The molecule has 1 aromatic carbocycles. The monoisotopic (exact) mass is 459 g/mol. The Bertz CT molecular complexity index is 1240. The van der Waals surface area contributed by atoms with E-state index < -0.39 is 0 Å². The fraction of sp³-hybridized carbons (Fsp3) is 0.292. The van der Waals surface area contributed by atoms with Crippen molar-refractivity contribution in [2.75, 3.05) is 44.4 Å². The molecule has 1 fully saturated rings. The van der Waals surface area contributed by atoms with E-state index in [2.05, 4.69) is 41.1 Å². The highest BCUT2D eigenvalue weighted by molar-refractivity contribution is 5.82. The largest absolute Gasteiger partial charge is 0.488 e. The first-order chi connectivity index (χ1) is 16.8. The summed E-state index contributed by atoms with van der Waals surface area (Å²) >= 11 is 0. The lowest BCUT2D eigenvalue weighted by molar-refractivity contribution is 0.122. The number of anilines is 1. The van der Waals surface area contributed by atoms with Gasteiger partial charge < -0.3 is 24.1 Å². The molecule has 0 unspecified atom stereocenters. The predicted molar refractivity (Wildman–Crippen MR) is 127 cm³/mol. The lowest BCUT2D eigenvalue weighted by Crippen LogP contribution is -2.36. The molecule has 0 spiro atoms. The lowest BCUT2D eigenvalue weighted by Gasteiger charge is -2.27. The van der Waals surface area contributed by atoms with Gasteiger partial charge >= 0.3 is 6.01 Å². The van der Waals surface area contributed by atoms with Crippen molar-refractivity contribution in [3.8, 4) is 11.8 Å². The number of H-pyrrole nitrogens is 1. The zero-order valence-corrected chi connectivity index (χ0v) is 18.6. The number of azo groups is 1. The van der Waals surface area contributed by atoms with Crippen molar-refractivity contribution < 1.29 is 14.2 Å². The summed E-state index contributed by atoms with van der Waals surface area (Å²) in [5.41, 5.74) is 2.15. The molecule has 34 heavy (non-hydrogen) atoms. The molecule has 5 rings (SSSR count). The van der Waals surface area contributed by atoms with Crippen molar-refractivity contribution in [1.82, 2.24) is 19.9 Å². The van der Waals surface area contributed by atoms with E-state index in [0.29, 0.717) is 37.9 Å². The third kappa shape index (κ3) is 5.46. The number of para-hydroxylation sites is 1. The molecule has 1 saturated heterocycles. The van der Waals surface area contributed by atoms with Crippen LogP contribution in [0.1, 0.15) is 5.56 Å². The summed E-state index contributed by atoms with van der Waals surface area (Å²) in [4.78, 5) is 18.4. The standard InChI is InChI=1S/C24H25N7O3/c1-2-6-21-20(5-1)18(15-26-21)16-27-30-22-14-23(31-8-10-32-11-9-31)29-24(28-22)34-13-12-33-19-4-3-7-25-17-19/h1-7,14-15,17,26H,8-13,16H2. The van der Waals surface area contributed by atoms with E-state index in [0.717, 1.165) is 35.4 Å². The van der Waals surface area contributed by atoms with Gasteiger partial charge in [0.25, 0.3) is 0 Å². The Morgan fingerprint density at radius 3 is 2.79 bits per heavy atom. The number of ether oxygens (including phenoxy) is 3. The average molecular weight is 460 g/mol. The minimum absolute atomic E-state index is 0.236. The third-order valence-electron chi connectivity index (χ3n) is 5.32. The van der Waals surface area contributed by atoms with Gasteiger partial charge in [-0.05, 0) is 18.2 Å². The van der Waals surface area contributed by atoms with E-state index in [1.807, 2.05) is 42.6 Å². The Morgan fingerprint density at radius 2 is 1.91 bits per heavy atom. The SMILES string of the molecule is c1cncc(OCCOc2nc(N=NCc3c[nH]c4ccccc34)cc(N3CCOCC3)n2)c1. The van der Waals surface area contributed by atoms with Gasteiger partial charge in [-0.1, -0.05) is 18.2 Å². The molecule has 1 N–H and O–H groups in total. The minimum atomic E-state index is 0.236. The molecule has 1 aliphatic rings. The summed E-state index contributed by atoms with van der Waals surface area (Å²) in [5, 5.41) is 9.88. The second-order valence-electron chi connectivity index (χ2n) is 7.61. The number of nitrogens with one attached hydrogen (secondary N) is 1. The summed E-state index contributed by atoms with van der Waals surface area (Å²) in [6, 6.07) is 13.8. The van der Waals surface area contributed by atoms with Gasteiger partial charge in [-0.25, -0.2) is 0 Å². The van der Waals surface area contributed by atoms with Crippen LogP contribution in [-0.4, -0.2) is 59.5 Å². The highest BCUT2D eigenvalue weighted by atomic mass is 16.5. The minimum Gasteiger partial charge on any atom is -0.488 e. The molecule has 3 aromatic heterocycles. The lowest BCUT2D eigenvalue weighted by atomic mass is 10.2. The predicted octanol–water partition coefficient (Wildman–Crippen LogP) is 3.93. The summed E-state index contributed by atoms with van der Waals surface area (Å²) in [5.74, 6) is 1.86. The van der Waals surface area contributed by atoms with E-state index >= 15 is 0 Å². The number of rotatable bonds is 9. The molecule has 0 atom stereocenters. The van der Waals surface area contributed by atoms with Gasteiger partial charge in [-0.3, -0.25) is 4.98 Å². The van der Waals surface area contributed by atoms with E-state index in [1.54, 1.807) is 12.4 Å². The number of hydrogen-bond acceptors (Lipinski definition) is 9. The molecule has 174 valence electrons. The number of nitrogens with zero attached hydrogens (tertiary/aromatic N) is 6. The van der Waals surface area contributed by atoms with Crippen molar-refractivity contribution in [3.63, 3.8) is 0 Å². The third-order valence-corrected chi connectivity index (χ3v) is 5.32. The molecule has 1 aliphatic heterocycles. The van der Waals surface area contributed by atoms with Crippen LogP contribution in [0.4, 0.5) is 11.6 Å². The van der Waals surface area contributed by atoms with E-state index in [-0.39, 0.29) is 12.6 Å². The van der Waals surface area contributed by atoms with Crippen LogP contribution >= 0.6 is 0 Å². The molecular formula is C24H25N7O3. The summed E-state index contributed by atoms with van der Waals surface area (Å²) in [6.07, 6.45) is 5.31. The quantitative estimate of drug-likeness (QED) is 0.298. The molecule has 4 aromatic rings. The molecule has 10 heteroatoms. The van der Waals surface area contributed by atoms with Gasteiger partial charge in [0.1, 0.15) is 24.8 Å². The maximum absolute atomic E-state index is 5.78. The normalized spacial score (nSPS) is 14.1. The summed E-state index contributed by atoms with van der Waals surface area (Å²) in [6.45, 7) is 3.85. The molecular weight excluding hydrogens is 434 g/mol. The fourth-order valence-electron chi connectivity index (χ4n) is 3.64. The summed E-state index contributed by atoms with van der Waals surface area (Å²) in [7, 11) is 0. The maximum atomic E-state index is 5.78. The number of aromatic amines is 1. The fourth-order valence-corrected chi connectivity index (χ4v) is 3.64. The van der Waals surface area contributed by atoms with Gasteiger partial charge in [0, 0.05) is 48.0 Å². The Labute approximate surface area is 196 Å². The number of benzene rings is 1. The Balaban J connectivity index is 1.28. The van der Waals surface area contributed by atoms with Crippen LogP contribution in [0.5, 0.6) is 11.8 Å². The first kappa shape index (κ1) is 21.8. The van der Waals surface area contributed by atoms with Crippen LogP contribution in [0.25, 0.3) is 10.9 Å². The van der Waals surface area contributed by atoms with Gasteiger partial charge in [0.05, 0.1) is 26.0 Å². The molecule has 10 nitrogen and oxygen atoms in total. The number of pyridine rings is 1. The highest BCUT2D eigenvalue weighted by Gasteiger charge is 2.16. The molecule has 0 saturated carbocycles. The Hall–Kier alpha value is -4.05. The first-order valence-electron chi connectivity index (χ1n) is 11.1. The van der Waals surface area contributed by atoms with Gasteiger partial charge in [0.15, 0.2) is 5.82 Å². The molecule has 4 heterocycles. The second-order valence-corrected chi connectivity index (χ2v) is 7.61. The zero-order chi connectivity index (χ0) is 23.0. The number of aromatic nitrogens is 4. The van der Waals surface area contributed by atoms with Crippen molar-refractivity contribution in [3.05, 3.63) is 66.6 Å². The highest BCUT2D eigenvalue weighted by Crippen LogP contribution is 2.24. The Morgan fingerprint density at radius 1 is 1.03 bits per heavy atom. The van der Waals surface area contributed by atoms with E-state index in [9.17, 15) is 0 Å². The second kappa shape index (κ2) is 10.7. The smallest absolute Gasteiger partial charge is 0.320 e. The number of fused-ring (bicyclic) bond motifs is 1. The molecule has 0 amide bonds. The topological polar surface area (TPSA) is 110 Å². The average Bonchev–Trinajstić information content (AvgIpc) is 3.31. The van der Waals surface area contributed by atoms with Crippen molar-refractivity contribution in [2.45, 2.75) is 6.54 Å². The van der Waals surface area contributed by atoms with Gasteiger partial charge in [-0.15, -0.1) is 5.11 Å². The van der Waals surface area contributed by atoms with Crippen molar-refractivity contribution >= 4 is 22.5 Å². The first-order valence-corrected chi connectivity index (χ1v) is 11.1. The van der Waals surface area contributed by atoms with Gasteiger partial charge in [-0.2, -0.15) is 15.1 Å². The molecule has 0 bridgehead atoms. The van der Waals surface area contributed by atoms with E-state index in [1.165, 1.54) is 0 Å². The van der Waals surface area contributed by atoms with Crippen LogP contribution in [-0.2, 0) is 11.3 Å². The van der Waals surface area contributed by atoms with Crippen LogP contribution < -0.4 is 14.4 Å². The van der Waals surface area contributed by atoms with E-state index in [4.69, 9.17) is 14.2 Å². The van der Waals surface area contributed by atoms with Crippen LogP contribution in [0.2, 0.25) is 0 Å². The van der Waals surface area contributed by atoms with Gasteiger partial charge in [0.2, 0.25) is 0 Å². The van der Waals surface area contributed by atoms with Crippen molar-refractivity contribution in [2.24, 2.45) is 10.2 Å². The Kier molecular flexibility index (Phi) is 6.86. The number of morpholine rings is 1. The molecule has 0 radical (unpaired) electrons. The molecule has 0 aliphatic carbocycles.